The Morgan fingerprint density at radius 2 is 1.80 bits per heavy atom. The van der Waals surface area contributed by atoms with Crippen LogP contribution in [0.4, 0.5) is 0 Å². The minimum atomic E-state index is -0.481. The lowest BCUT2D eigenvalue weighted by Crippen LogP contribution is -2.10. The third-order valence-corrected chi connectivity index (χ3v) is 2.97. The Balaban J connectivity index is 2.05. The van der Waals surface area contributed by atoms with E-state index >= 15 is 0 Å². The lowest BCUT2D eigenvalue weighted by Gasteiger charge is -2.01. The molecule has 0 unspecified atom stereocenters. The number of fused-ring (bicyclic) bond motifs is 1. The van der Waals surface area contributed by atoms with E-state index in [-0.39, 0.29) is 0 Å². The van der Waals surface area contributed by atoms with Gasteiger partial charge in [0.05, 0.1) is 12.8 Å². The van der Waals surface area contributed by atoms with E-state index in [0.29, 0.717) is 16.6 Å². The van der Waals surface area contributed by atoms with Crippen LogP contribution < -0.4 is 10.5 Å². The van der Waals surface area contributed by atoms with Crippen molar-refractivity contribution in [2.75, 3.05) is 7.11 Å². The molecular formula is C14H12N4O2. The topological polar surface area (TPSA) is 83.0 Å². The summed E-state index contributed by atoms with van der Waals surface area (Å²) in [7, 11) is 1.61. The van der Waals surface area contributed by atoms with E-state index in [0.717, 1.165) is 11.4 Å². The number of ether oxygens (including phenoxy) is 1. The lowest BCUT2D eigenvalue weighted by molar-refractivity contribution is 0.100. The Hall–Kier alpha value is -2.89. The van der Waals surface area contributed by atoms with Crippen molar-refractivity contribution in [1.82, 2.24) is 15.0 Å². The predicted octanol–water partition coefficient (Wildman–Crippen LogP) is 1.53. The van der Waals surface area contributed by atoms with Crippen LogP contribution in [0.1, 0.15) is 10.4 Å². The summed E-state index contributed by atoms with van der Waals surface area (Å²) >= 11 is 0. The van der Waals surface area contributed by atoms with Crippen LogP contribution in [0.5, 0.6) is 5.75 Å². The SMILES string of the molecule is COc1ccc(-n2nc3ccc(C(N)=O)cc3n2)cc1. The van der Waals surface area contributed by atoms with Gasteiger partial charge < -0.3 is 10.5 Å². The molecule has 0 atom stereocenters. The van der Waals surface area contributed by atoms with Gasteiger partial charge in [0.1, 0.15) is 16.8 Å². The fraction of sp³-hybridized carbons (Fsp3) is 0.0714. The number of nitrogens with two attached hydrogens (primary N) is 1. The van der Waals surface area contributed by atoms with E-state index in [1.807, 2.05) is 24.3 Å². The largest absolute Gasteiger partial charge is 0.497 e. The number of amides is 1. The monoisotopic (exact) mass is 268 g/mol. The number of primary amides is 1. The van der Waals surface area contributed by atoms with E-state index in [2.05, 4.69) is 10.2 Å². The number of carbonyl (C=O) groups is 1. The first kappa shape index (κ1) is 12.2. The van der Waals surface area contributed by atoms with Crippen LogP contribution >= 0.6 is 0 Å². The highest BCUT2D eigenvalue weighted by Gasteiger charge is 2.08. The third-order valence-electron chi connectivity index (χ3n) is 2.97. The summed E-state index contributed by atoms with van der Waals surface area (Å²) in [4.78, 5) is 12.7. The van der Waals surface area contributed by atoms with Crippen LogP contribution in [0.15, 0.2) is 42.5 Å². The number of hydrogen-bond donors (Lipinski definition) is 1. The lowest BCUT2D eigenvalue weighted by atomic mass is 10.2. The molecule has 6 heteroatoms. The molecule has 20 heavy (non-hydrogen) atoms. The molecule has 6 nitrogen and oxygen atoms in total. The van der Waals surface area contributed by atoms with E-state index in [1.165, 1.54) is 4.80 Å². The van der Waals surface area contributed by atoms with Gasteiger partial charge in [-0.1, -0.05) is 0 Å². The number of benzene rings is 2. The molecule has 0 radical (unpaired) electrons. The first-order valence-electron chi connectivity index (χ1n) is 5.99. The van der Waals surface area contributed by atoms with E-state index < -0.39 is 5.91 Å². The number of nitrogens with zero attached hydrogens (tertiary/aromatic N) is 3. The van der Waals surface area contributed by atoms with Crippen LogP contribution in [-0.4, -0.2) is 28.0 Å². The van der Waals surface area contributed by atoms with Gasteiger partial charge in [0.2, 0.25) is 5.91 Å². The number of methoxy groups -OCH3 is 1. The number of carbonyl (C=O) groups excluding carboxylic acids is 1. The number of rotatable bonds is 3. The van der Waals surface area contributed by atoms with Crippen molar-refractivity contribution in [3.63, 3.8) is 0 Å². The smallest absolute Gasteiger partial charge is 0.248 e. The van der Waals surface area contributed by atoms with Gasteiger partial charge in [0, 0.05) is 5.56 Å². The molecule has 0 fully saturated rings. The van der Waals surface area contributed by atoms with Crippen LogP contribution in [0.25, 0.3) is 16.7 Å². The van der Waals surface area contributed by atoms with Gasteiger partial charge in [0.25, 0.3) is 0 Å². The Morgan fingerprint density at radius 3 is 2.45 bits per heavy atom. The zero-order valence-corrected chi connectivity index (χ0v) is 10.8. The molecular weight excluding hydrogens is 256 g/mol. The predicted molar refractivity (Wildman–Crippen MR) is 73.9 cm³/mol. The minimum absolute atomic E-state index is 0.416. The molecule has 1 aromatic heterocycles. The highest BCUT2D eigenvalue weighted by molar-refractivity contribution is 5.96. The maximum absolute atomic E-state index is 11.1. The Labute approximate surface area is 114 Å². The van der Waals surface area contributed by atoms with Gasteiger partial charge in [-0.3, -0.25) is 4.79 Å². The fourth-order valence-corrected chi connectivity index (χ4v) is 1.90. The van der Waals surface area contributed by atoms with Crippen molar-refractivity contribution in [3.8, 4) is 11.4 Å². The second kappa shape index (κ2) is 4.65. The van der Waals surface area contributed by atoms with Crippen LogP contribution in [0.2, 0.25) is 0 Å². The second-order valence-corrected chi connectivity index (χ2v) is 4.26. The Kier molecular flexibility index (Phi) is 2.83. The van der Waals surface area contributed by atoms with Gasteiger partial charge in [-0.2, -0.15) is 4.80 Å². The number of hydrogen-bond acceptors (Lipinski definition) is 4. The van der Waals surface area contributed by atoms with Crippen molar-refractivity contribution in [1.29, 1.82) is 0 Å². The summed E-state index contributed by atoms with van der Waals surface area (Å²) in [6.07, 6.45) is 0. The highest BCUT2D eigenvalue weighted by Crippen LogP contribution is 2.17. The van der Waals surface area contributed by atoms with Crippen molar-refractivity contribution in [2.45, 2.75) is 0 Å². The van der Waals surface area contributed by atoms with E-state index in [9.17, 15) is 4.79 Å². The molecule has 100 valence electrons. The van der Waals surface area contributed by atoms with E-state index in [4.69, 9.17) is 10.5 Å². The standard InChI is InChI=1S/C14H12N4O2/c1-20-11-5-3-10(4-6-11)18-16-12-7-2-9(14(15)19)8-13(12)17-18/h2-8H,1H3,(H2,15,19). The summed E-state index contributed by atoms with van der Waals surface area (Å²) in [6.45, 7) is 0. The first-order valence-corrected chi connectivity index (χ1v) is 5.99. The quantitative estimate of drug-likeness (QED) is 0.780. The average molecular weight is 268 g/mol. The summed E-state index contributed by atoms with van der Waals surface area (Å²) in [6, 6.07) is 12.4. The summed E-state index contributed by atoms with van der Waals surface area (Å²) in [5.74, 6) is 0.285. The fourth-order valence-electron chi connectivity index (χ4n) is 1.90. The zero-order chi connectivity index (χ0) is 14.1. The van der Waals surface area contributed by atoms with Crippen molar-refractivity contribution >= 4 is 16.9 Å². The maximum atomic E-state index is 11.1. The third kappa shape index (κ3) is 2.07. The van der Waals surface area contributed by atoms with Crippen molar-refractivity contribution < 1.29 is 9.53 Å². The molecule has 0 aliphatic heterocycles. The Morgan fingerprint density at radius 1 is 1.10 bits per heavy atom. The molecule has 2 N–H and O–H groups in total. The zero-order valence-electron chi connectivity index (χ0n) is 10.8. The van der Waals surface area contributed by atoms with Gasteiger partial charge in [0.15, 0.2) is 0 Å². The molecule has 0 saturated heterocycles. The molecule has 3 rings (SSSR count). The van der Waals surface area contributed by atoms with Gasteiger partial charge in [-0.15, -0.1) is 10.2 Å². The molecule has 0 aliphatic carbocycles. The van der Waals surface area contributed by atoms with E-state index in [1.54, 1.807) is 25.3 Å². The molecule has 0 spiro atoms. The average Bonchev–Trinajstić information content (AvgIpc) is 2.90. The maximum Gasteiger partial charge on any atom is 0.248 e. The molecule has 0 bridgehead atoms. The van der Waals surface area contributed by atoms with Crippen LogP contribution in [0, 0.1) is 0 Å². The highest BCUT2D eigenvalue weighted by atomic mass is 16.5. The van der Waals surface area contributed by atoms with Gasteiger partial charge >= 0.3 is 0 Å². The summed E-state index contributed by atoms with van der Waals surface area (Å²) < 4.78 is 5.10. The van der Waals surface area contributed by atoms with Crippen LogP contribution in [-0.2, 0) is 0 Å². The molecule has 1 amide bonds. The molecule has 0 aliphatic rings. The minimum Gasteiger partial charge on any atom is -0.497 e. The molecule has 1 heterocycles. The van der Waals surface area contributed by atoms with Gasteiger partial charge in [-0.25, -0.2) is 0 Å². The molecule has 3 aromatic rings. The summed E-state index contributed by atoms with van der Waals surface area (Å²) in [5, 5.41) is 8.69. The van der Waals surface area contributed by atoms with Gasteiger partial charge in [-0.05, 0) is 42.5 Å². The first-order chi connectivity index (χ1) is 9.67. The molecule has 2 aromatic carbocycles. The Bertz CT molecular complexity index is 777. The number of aromatic nitrogens is 3. The second-order valence-electron chi connectivity index (χ2n) is 4.26. The summed E-state index contributed by atoms with van der Waals surface area (Å²) in [5.41, 5.74) is 7.79. The van der Waals surface area contributed by atoms with Crippen LogP contribution in [0.3, 0.4) is 0 Å². The molecule has 0 saturated carbocycles. The normalized spacial score (nSPS) is 10.7. The van der Waals surface area contributed by atoms with Crippen molar-refractivity contribution in [2.24, 2.45) is 5.73 Å². The van der Waals surface area contributed by atoms with Crippen molar-refractivity contribution in [3.05, 3.63) is 48.0 Å².